The SMILES string of the molecule is CNCC1CC(OC(C)C(=O)Nc2ccccc2)C1. The topological polar surface area (TPSA) is 50.4 Å². The molecule has 19 heavy (non-hydrogen) atoms. The molecule has 104 valence electrons. The maximum absolute atomic E-state index is 11.9. The fourth-order valence-corrected chi connectivity index (χ4v) is 2.36. The molecule has 0 aromatic heterocycles. The third-order valence-corrected chi connectivity index (χ3v) is 3.49. The largest absolute Gasteiger partial charge is 0.365 e. The molecule has 0 radical (unpaired) electrons. The summed E-state index contributed by atoms with van der Waals surface area (Å²) in [6.07, 6.45) is 1.92. The van der Waals surface area contributed by atoms with E-state index < -0.39 is 6.10 Å². The van der Waals surface area contributed by atoms with E-state index in [0.717, 1.165) is 25.1 Å². The Hall–Kier alpha value is -1.39. The van der Waals surface area contributed by atoms with Gasteiger partial charge >= 0.3 is 0 Å². The van der Waals surface area contributed by atoms with Gasteiger partial charge in [-0.1, -0.05) is 18.2 Å². The zero-order chi connectivity index (χ0) is 13.7. The molecule has 0 spiro atoms. The van der Waals surface area contributed by atoms with Gasteiger partial charge in [-0.15, -0.1) is 0 Å². The molecule has 4 heteroatoms. The van der Waals surface area contributed by atoms with Gasteiger partial charge in [0.1, 0.15) is 6.10 Å². The predicted octanol–water partition coefficient (Wildman–Crippen LogP) is 2.03. The highest BCUT2D eigenvalue weighted by molar-refractivity contribution is 5.93. The summed E-state index contributed by atoms with van der Waals surface area (Å²) in [5.74, 6) is 0.614. The van der Waals surface area contributed by atoms with E-state index in [9.17, 15) is 4.79 Å². The molecule has 0 aliphatic heterocycles. The van der Waals surface area contributed by atoms with Gasteiger partial charge in [0.05, 0.1) is 6.10 Å². The number of carbonyl (C=O) groups is 1. The standard InChI is InChI=1S/C15H22N2O2/c1-11(19-14-8-12(9-14)10-16-2)15(18)17-13-6-4-3-5-7-13/h3-7,11-12,14,16H,8-10H2,1-2H3,(H,17,18). The van der Waals surface area contributed by atoms with Crippen molar-refractivity contribution in [2.24, 2.45) is 5.92 Å². The zero-order valence-electron chi connectivity index (χ0n) is 11.6. The molecular formula is C15H22N2O2. The van der Waals surface area contributed by atoms with Gasteiger partial charge in [0.15, 0.2) is 0 Å². The van der Waals surface area contributed by atoms with Gasteiger partial charge in [0.2, 0.25) is 0 Å². The second-order valence-electron chi connectivity index (χ2n) is 5.15. The van der Waals surface area contributed by atoms with Crippen molar-refractivity contribution in [3.8, 4) is 0 Å². The van der Waals surface area contributed by atoms with Crippen molar-refractivity contribution in [2.45, 2.75) is 32.0 Å². The molecule has 0 saturated heterocycles. The van der Waals surface area contributed by atoms with Crippen LogP contribution in [0.5, 0.6) is 0 Å². The summed E-state index contributed by atoms with van der Waals surface area (Å²) in [4.78, 5) is 11.9. The lowest BCUT2D eigenvalue weighted by Crippen LogP contribution is -2.41. The Morgan fingerprint density at radius 2 is 2.05 bits per heavy atom. The first-order valence-electron chi connectivity index (χ1n) is 6.85. The van der Waals surface area contributed by atoms with Crippen LogP contribution in [-0.4, -0.2) is 31.7 Å². The minimum atomic E-state index is -0.402. The van der Waals surface area contributed by atoms with E-state index in [1.807, 2.05) is 44.3 Å². The number of carbonyl (C=O) groups excluding carboxylic acids is 1. The van der Waals surface area contributed by atoms with Crippen LogP contribution in [0.4, 0.5) is 5.69 Å². The van der Waals surface area contributed by atoms with Crippen LogP contribution < -0.4 is 10.6 Å². The monoisotopic (exact) mass is 262 g/mol. The maximum Gasteiger partial charge on any atom is 0.253 e. The quantitative estimate of drug-likeness (QED) is 0.824. The van der Waals surface area contributed by atoms with Crippen molar-refractivity contribution in [3.05, 3.63) is 30.3 Å². The minimum absolute atomic E-state index is 0.0803. The summed E-state index contributed by atoms with van der Waals surface area (Å²) in [6, 6.07) is 9.46. The Labute approximate surface area is 114 Å². The lowest BCUT2D eigenvalue weighted by Gasteiger charge is -2.36. The van der Waals surface area contributed by atoms with Crippen LogP contribution in [0, 0.1) is 5.92 Å². The third-order valence-electron chi connectivity index (χ3n) is 3.49. The highest BCUT2D eigenvalue weighted by Gasteiger charge is 2.31. The molecule has 1 aromatic rings. The van der Waals surface area contributed by atoms with Crippen molar-refractivity contribution in [2.75, 3.05) is 18.9 Å². The summed E-state index contributed by atoms with van der Waals surface area (Å²) in [5.41, 5.74) is 0.810. The summed E-state index contributed by atoms with van der Waals surface area (Å²) < 4.78 is 5.76. The van der Waals surface area contributed by atoms with Crippen LogP contribution in [0.1, 0.15) is 19.8 Å². The zero-order valence-corrected chi connectivity index (χ0v) is 11.6. The van der Waals surface area contributed by atoms with E-state index in [4.69, 9.17) is 4.74 Å². The van der Waals surface area contributed by atoms with Crippen molar-refractivity contribution >= 4 is 11.6 Å². The first kappa shape index (κ1) is 14.0. The van der Waals surface area contributed by atoms with Crippen LogP contribution in [-0.2, 0) is 9.53 Å². The van der Waals surface area contributed by atoms with Gasteiger partial charge in [-0.25, -0.2) is 0 Å². The highest BCUT2D eigenvalue weighted by Crippen LogP contribution is 2.30. The Balaban J connectivity index is 1.72. The van der Waals surface area contributed by atoms with Crippen LogP contribution in [0.25, 0.3) is 0 Å². The molecule has 0 bridgehead atoms. The van der Waals surface area contributed by atoms with Crippen molar-refractivity contribution in [1.29, 1.82) is 0 Å². The number of hydrogen-bond acceptors (Lipinski definition) is 3. The van der Waals surface area contributed by atoms with Crippen LogP contribution in [0.3, 0.4) is 0 Å². The van der Waals surface area contributed by atoms with Crippen molar-refractivity contribution in [3.63, 3.8) is 0 Å². The molecular weight excluding hydrogens is 240 g/mol. The van der Waals surface area contributed by atoms with Gasteiger partial charge in [0.25, 0.3) is 5.91 Å². The number of nitrogens with one attached hydrogen (secondary N) is 2. The normalized spacial score (nSPS) is 23.5. The van der Waals surface area contributed by atoms with Gasteiger partial charge in [-0.05, 0) is 51.4 Å². The molecule has 2 rings (SSSR count). The molecule has 1 aliphatic rings. The summed E-state index contributed by atoms with van der Waals surface area (Å²) >= 11 is 0. The van der Waals surface area contributed by atoms with E-state index >= 15 is 0 Å². The van der Waals surface area contributed by atoms with E-state index in [2.05, 4.69) is 10.6 Å². The van der Waals surface area contributed by atoms with E-state index in [-0.39, 0.29) is 12.0 Å². The van der Waals surface area contributed by atoms with Gasteiger partial charge < -0.3 is 15.4 Å². The second-order valence-corrected chi connectivity index (χ2v) is 5.15. The lowest BCUT2D eigenvalue weighted by molar-refractivity contribution is -0.136. The summed E-state index contributed by atoms with van der Waals surface area (Å²) in [6.45, 7) is 2.84. The summed E-state index contributed by atoms with van der Waals surface area (Å²) in [5, 5.41) is 6.02. The molecule has 4 nitrogen and oxygen atoms in total. The van der Waals surface area contributed by atoms with Gasteiger partial charge in [-0.2, -0.15) is 0 Å². The molecule has 1 aliphatic carbocycles. The molecule has 1 saturated carbocycles. The van der Waals surface area contributed by atoms with Crippen LogP contribution in [0.15, 0.2) is 30.3 Å². The fourth-order valence-electron chi connectivity index (χ4n) is 2.36. The Kier molecular flexibility index (Phi) is 4.93. The van der Waals surface area contributed by atoms with Crippen LogP contribution >= 0.6 is 0 Å². The first-order chi connectivity index (χ1) is 9.19. The molecule has 2 N–H and O–H groups in total. The minimum Gasteiger partial charge on any atom is -0.365 e. The van der Waals surface area contributed by atoms with E-state index in [1.165, 1.54) is 0 Å². The number of benzene rings is 1. The molecule has 0 heterocycles. The predicted molar refractivity (Wildman–Crippen MR) is 76.1 cm³/mol. The highest BCUT2D eigenvalue weighted by atomic mass is 16.5. The molecule has 1 unspecified atom stereocenters. The number of hydrogen-bond donors (Lipinski definition) is 2. The number of para-hydroxylation sites is 1. The second kappa shape index (κ2) is 6.68. The number of amides is 1. The van der Waals surface area contributed by atoms with Crippen LogP contribution in [0.2, 0.25) is 0 Å². The van der Waals surface area contributed by atoms with E-state index in [1.54, 1.807) is 0 Å². The fraction of sp³-hybridized carbons (Fsp3) is 0.533. The van der Waals surface area contributed by atoms with Gasteiger partial charge in [-0.3, -0.25) is 4.79 Å². The van der Waals surface area contributed by atoms with Crippen molar-refractivity contribution < 1.29 is 9.53 Å². The Bertz CT molecular complexity index is 402. The molecule has 1 aromatic carbocycles. The summed E-state index contributed by atoms with van der Waals surface area (Å²) in [7, 11) is 1.96. The molecule has 1 atom stereocenters. The number of ether oxygens (including phenoxy) is 1. The Morgan fingerprint density at radius 1 is 1.37 bits per heavy atom. The molecule has 1 fully saturated rings. The third kappa shape index (κ3) is 4.04. The number of anilines is 1. The Morgan fingerprint density at radius 3 is 2.68 bits per heavy atom. The smallest absolute Gasteiger partial charge is 0.253 e. The maximum atomic E-state index is 11.9. The first-order valence-corrected chi connectivity index (χ1v) is 6.85. The lowest BCUT2D eigenvalue weighted by atomic mass is 9.82. The average molecular weight is 262 g/mol. The molecule has 1 amide bonds. The number of rotatable bonds is 6. The van der Waals surface area contributed by atoms with Gasteiger partial charge in [0, 0.05) is 5.69 Å². The van der Waals surface area contributed by atoms with E-state index in [0.29, 0.717) is 5.92 Å². The van der Waals surface area contributed by atoms with Crippen molar-refractivity contribution in [1.82, 2.24) is 5.32 Å². The average Bonchev–Trinajstić information content (AvgIpc) is 2.37.